The van der Waals surface area contributed by atoms with Crippen LogP contribution in [0.4, 0.5) is 5.13 Å². The minimum Gasteiger partial charge on any atom is -0.352 e. The number of carbonyl (C=O) groups excluding carboxylic acids is 2. The average Bonchev–Trinajstić information content (AvgIpc) is 3.27. The lowest BCUT2D eigenvalue weighted by Crippen LogP contribution is -2.32. The molecule has 1 atom stereocenters. The summed E-state index contributed by atoms with van der Waals surface area (Å²) in [5.41, 5.74) is 1.49. The van der Waals surface area contributed by atoms with Crippen molar-refractivity contribution in [1.29, 1.82) is 5.26 Å². The smallest absolute Gasteiger partial charge is 0.229 e. The van der Waals surface area contributed by atoms with E-state index in [2.05, 4.69) is 28.5 Å². The minimum atomic E-state index is -0.389. The van der Waals surface area contributed by atoms with Gasteiger partial charge in [0.15, 0.2) is 0 Å². The van der Waals surface area contributed by atoms with E-state index in [1.165, 1.54) is 11.3 Å². The molecule has 1 aliphatic heterocycles. The SMILES string of the molecule is CCCc1nnc(N2CC(C(=O)NCc3ccc(C#N)cc3)CC2=O)s1. The van der Waals surface area contributed by atoms with E-state index in [9.17, 15) is 9.59 Å². The first-order valence-corrected chi connectivity index (χ1v) is 9.32. The third kappa shape index (κ3) is 4.06. The fourth-order valence-electron chi connectivity index (χ4n) is 2.77. The molecule has 3 rings (SSSR count). The minimum absolute atomic E-state index is 0.0947. The number of benzene rings is 1. The van der Waals surface area contributed by atoms with Crippen molar-refractivity contribution in [2.45, 2.75) is 32.7 Å². The lowest BCUT2D eigenvalue weighted by Gasteiger charge is -2.12. The van der Waals surface area contributed by atoms with Crippen LogP contribution in [0.5, 0.6) is 0 Å². The zero-order chi connectivity index (χ0) is 18.5. The molecule has 0 bridgehead atoms. The number of hydrogen-bond donors (Lipinski definition) is 1. The second kappa shape index (κ2) is 8.06. The molecule has 1 aromatic heterocycles. The average molecular weight is 369 g/mol. The van der Waals surface area contributed by atoms with Crippen molar-refractivity contribution in [3.8, 4) is 6.07 Å². The predicted molar refractivity (Wildman–Crippen MR) is 97.4 cm³/mol. The second-order valence-corrected chi connectivity index (χ2v) is 7.20. The summed E-state index contributed by atoms with van der Waals surface area (Å²) in [4.78, 5) is 26.2. The second-order valence-electron chi connectivity index (χ2n) is 6.16. The molecule has 2 heterocycles. The van der Waals surface area contributed by atoms with Crippen molar-refractivity contribution in [3.63, 3.8) is 0 Å². The molecule has 1 saturated heterocycles. The van der Waals surface area contributed by atoms with Crippen molar-refractivity contribution >= 4 is 28.3 Å². The maximum atomic E-state index is 12.4. The van der Waals surface area contributed by atoms with Gasteiger partial charge < -0.3 is 5.32 Å². The molecule has 0 saturated carbocycles. The molecule has 0 spiro atoms. The maximum absolute atomic E-state index is 12.4. The Bertz CT molecular complexity index is 840. The van der Waals surface area contributed by atoms with E-state index in [-0.39, 0.29) is 24.2 Å². The van der Waals surface area contributed by atoms with Gasteiger partial charge in [-0.25, -0.2) is 0 Å². The van der Waals surface area contributed by atoms with E-state index in [0.717, 1.165) is 23.4 Å². The van der Waals surface area contributed by atoms with Crippen molar-refractivity contribution in [3.05, 3.63) is 40.4 Å². The Morgan fingerprint density at radius 2 is 2.15 bits per heavy atom. The Hall–Kier alpha value is -2.79. The zero-order valence-electron chi connectivity index (χ0n) is 14.4. The van der Waals surface area contributed by atoms with E-state index in [0.29, 0.717) is 23.8 Å². The van der Waals surface area contributed by atoms with Gasteiger partial charge in [-0.1, -0.05) is 30.4 Å². The summed E-state index contributed by atoms with van der Waals surface area (Å²) < 4.78 is 0. The molecular formula is C18H19N5O2S. The van der Waals surface area contributed by atoms with E-state index in [1.54, 1.807) is 29.2 Å². The molecule has 8 heteroatoms. The van der Waals surface area contributed by atoms with Crippen molar-refractivity contribution in [2.24, 2.45) is 5.92 Å². The highest BCUT2D eigenvalue weighted by Gasteiger charge is 2.36. The van der Waals surface area contributed by atoms with Crippen LogP contribution in [0.2, 0.25) is 0 Å². The molecule has 1 aromatic carbocycles. The summed E-state index contributed by atoms with van der Waals surface area (Å²) in [6.45, 7) is 2.77. The van der Waals surface area contributed by atoms with Crippen LogP contribution in [0.15, 0.2) is 24.3 Å². The van der Waals surface area contributed by atoms with Gasteiger partial charge in [0.2, 0.25) is 16.9 Å². The third-order valence-electron chi connectivity index (χ3n) is 4.20. The zero-order valence-corrected chi connectivity index (χ0v) is 15.3. The number of rotatable bonds is 6. The topological polar surface area (TPSA) is 99.0 Å². The monoisotopic (exact) mass is 369 g/mol. The number of nitriles is 1. The van der Waals surface area contributed by atoms with Gasteiger partial charge in [0.25, 0.3) is 0 Å². The molecular weight excluding hydrogens is 350 g/mol. The van der Waals surface area contributed by atoms with Gasteiger partial charge in [0.05, 0.1) is 17.6 Å². The molecule has 0 aliphatic carbocycles. The Morgan fingerprint density at radius 3 is 2.85 bits per heavy atom. The summed E-state index contributed by atoms with van der Waals surface area (Å²) in [5, 5.41) is 21.3. The highest BCUT2D eigenvalue weighted by atomic mass is 32.1. The van der Waals surface area contributed by atoms with Crippen molar-refractivity contribution in [1.82, 2.24) is 15.5 Å². The lowest BCUT2D eigenvalue weighted by molar-refractivity contribution is -0.126. The van der Waals surface area contributed by atoms with Crippen LogP contribution in [-0.2, 0) is 22.6 Å². The maximum Gasteiger partial charge on any atom is 0.229 e. The number of anilines is 1. The first-order valence-electron chi connectivity index (χ1n) is 8.50. The molecule has 1 N–H and O–H groups in total. The fraction of sp³-hybridized carbons (Fsp3) is 0.389. The van der Waals surface area contributed by atoms with Gasteiger partial charge in [-0.2, -0.15) is 5.26 Å². The quantitative estimate of drug-likeness (QED) is 0.840. The van der Waals surface area contributed by atoms with Crippen LogP contribution in [0.1, 0.15) is 35.9 Å². The van der Waals surface area contributed by atoms with Gasteiger partial charge in [-0.3, -0.25) is 14.5 Å². The van der Waals surface area contributed by atoms with E-state index >= 15 is 0 Å². The number of carbonyl (C=O) groups is 2. The molecule has 0 radical (unpaired) electrons. The Balaban J connectivity index is 1.56. The molecule has 2 aromatic rings. The number of aryl methyl sites for hydroxylation is 1. The van der Waals surface area contributed by atoms with Gasteiger partial charge in [-0.15, -0.1) is 10.2 Å². The highest BCUT2D eigenvalue weighted by Crippen LogP contribution is 2.28. The predicted octanol–water partition coefficient (Wildman–Crippen LogP) is 2.03. The molecule has 26 heavy (non-hydrogen) atoms. The molecule has 134 valence electrons. The Morgan fingerprint density at radius 1 is 1.38 bits per heavy atom. The number of aromatic nitrogens is 2. The number of amides is 2. The van der Waals surface area contributed by atoms with Gasteiger partial charge in [-0.05, 0) is 24.1 Å². The molecule has 1 fully saturated rings. The van der Waals surface area contributed by atoms with Gasteiger partial charge in [0.1, 0.15) is 5.01 Å². The summed E-state index contributed by atoms with van der Waals surface area (Å²) in [5.74, 6) is -0.634. The van der Waals surface area contributed by atoms with Crippen LogP contribution in [-0.4, -0.2) is 28.6 Å². The number of nitrogens with one attached hydrogen (secondary N) is 1. The van der Waals surface area contributed by atoms with Crippen molar-refractivity contribution < 1.29 is 9.59 Å². The Kier molecular flexibility index (Phi) is 5.58. The van der Waals surface area contributed by atoms with Crippen LogP contribution >= 0.6 is 11.3 Å². The van der Waals surface area contributed by atoms with E-state index in [1.807, 2.05) is 0 Å². The first-order chi connectivity index (χ1) is 12.6. The summed E-state index contributed by atoms with van der Waals surface area (Å²) in [6, 6.07) is 9.10. The normalized spacial score (nSPS) is 16.5. The fourth-order valence-corrected chi connectivity index (χ4v) is 3.73. The van der Waals surface area contributed by atoms with Gasteiger partial charge >= 0.3 is 0 Å². The highest BCUT2D eigenvalue weighted by molar-refractivity contribution is 7.15. The van der Waals surface area contributed by atoms with Crippen LogP contribution in [0.3, 0.4) is 0 Å². The first kappa shape index (κ1) is 18.0. The van der Waals surface area contributed by atoms with E-state index in [4.69, 9.17) is 5.26 Å². The number of hydrogen-bond acceptors (Lipinski definition) is 6. The van der Waals surface area contributed by atoms with Crippen LogP contribution < -0.4 is 10.2 Å². The summed E-state index contributed by atoms with van der Waals surface area (Å²) >= 11 is 1.41. The summed E-state index contributed by atoms with van der Waals surface area (Å²) in [7, 11) is 0. The van der Waals surface area contributed by atoms with Crippen LogP contribution in [0, 0.1) is 17.2 Å². The third-order valence-corrected chi connectivity index (χ3v) is 5.20. The van der Waals surface area contributed by atoms with Crippen LogP contribution in [0.25, 0.3) is 0 Å². The molecule has 1 aliphatic rings. The Labute approximate surface area is 155 Å². The van der Waals surface area contributed by atoms with Gasteiger partial charge in [0, 0.05) is 25.9 Å². The lowest BCUT2D eigenvalue weighted by atomic mass is 10.1. The molecule has 2 amide bonds. The summed E-state index contributed by atoms with van der Waals surface area (Å²) in [6.07, 6.45) is 2.00. The standard InChI is InChI=1S/C18H19N5O2S/c1-2-3-15-21-22-18(26-15)23-11-14(8-16(23)24)17(25)20-10-13-6-4-12(9-19)5-7-13/h4-7,14H,2-3,8,10-11H2,1H3,(H,20,25). The largest absolute Gasteiger partial charge is 0.352 e. The molecule has 1 unspecified atom stereocenters. The van der Waals surface area contributed by atoms with E-state index < -0.39 is 0 Å². The molecule has 7 nitrogen and oxygen atoms in total. The number of nitrogens with zero attached hydrogens (tertiary/aromatic N) is 4. The van der Waals surface area contributed by atoms with Crippen molar-refractivity contribution in [2.75, 3.05) is 11.4 Å².